The van der Waals surface area contributed by atoms with Crippen molar-refractivity contribution < 1.29 is 17.9 Å². The van der Waals surface area contributed by atoms with E-state index < -0.39 is 14.9 Å². The van der Waals surface area contributed by atoms with Gasteiger partial charge in [-0.05, 0) is 12.1 Å². The van der Waals surface area contributed by atoms with Gasteiger partial charge in [0.15, 0.2) is 5.82 Å². The average Bonchev–Trinajstić information content (AvgIpc) is 3.10. The number of piperazine rings is 1. The molecule has 26 heavy (non-hydrogen) atoms. The van der Waals surface area contributed by atoms with Crippen molar-refractivity contribution in [2.75, 3.05) is 26.2 Å². The standard InChI is InChI=1S/C15H19N5O5S/c1-2-15-16-14(17-25-15)11-18-7-9-19(10-8-18)26(23,24)13-5-3-12(4-6-13)20(21)22/h3-6H,2,7-11H2,1H3. The lowest BCUT2D eigenvalue weighted by atomic mass is 10.3. The van der Waals surface area contributed by atoms with Crippen LogP contribution in [0.1, 0.15) is 18.6 Å². The number of aryl methyl sites for hydroxylation is 1. The van der Waals surface area contributed by atoms with Crippen molar-refractivity contribution in [2.24, 2.45) is 0 Å². The fourth-order valence-electron chi connectivity index (χ4n) is 2.71. The first kappa shape index (κ1) is 18.4. The van der Waals surface area contributed by atoms with Crippen molar-refractivity contribution in [3.05, 3.63) is 46.1 Å². The summed E-state index contributed by atoms with van der Waals surface area (Å²) < 4.78 is 31.8. The van der Waals surface area contributed by atoms with Gasteiger partial charge in [-0.1, -0.05) is 12.1 Å². The van der Waals surface area contributed by atoms with Gasteiger partial charge in [-0.3, -0.25) is 15.0 Å². The summed E-state index contributed by atoms with van der Waals surface area (Å²) in [5.74, 6) is 1.17. The predicted molar refractivity (Wildman–Crippen MR) is 90.8 cm³/mol. The molecule has 0 atom stereocenters. The van der Waals surface area contributed by atoms with Crippen LogP contribution in [0.3, 0.4) is 0 Å². The van der Waals surface area contributed by atoms with Gasteiger partial charge in [0.05, 0.1) is 16.4 Å². The smallest absolute Gasteiger partial charge is 0.269 e. The van der Waals surface area contributed by atoms with E-state index in [4.69, 9.17) is 4.52 Å². The molecule has 1 aromatic heterocycles. The van der Waals surface area contributed by atoms with Crippen LogP contribution in [0.5, 0.6) is 0 Å². The maximum Gasteiger partial charge on any atom is 0.269 e. The van der Waals surface area contributed by atoms with Gasteiger partial charge in [0.1, 0.15) is 0 Å². The van der Waals surface area contributed by atoms with Gasteiger partial charge in [0.25, 0.3) is 5.69 Å². The highest BCUT2D eigenvalue weighted by molar-refractivity contribution is 7.89. The lowest BCUT2D eigenvalue weighted by Gasteiger charge is -2.33. The number of hydrogen-bond acceptors (Lipinski definition) is 8. The maximum absolute atomic E-state index is 12.7. The number of nitrogens with zero attached hydrogens (tertiary/aromatic N) is 5. The minimum Gasteiger partial charge on any atom is -0.339 e. The minimum absolute atomic E-state index is 0.0577. The predicted octanol–water partition coefficient (Wildman–Crippen LogP) is 1.05. The number of aromatic nitrogens is 2. The van der Waals surface area contributed by atoms with Gasteiger partial charge in [-0.15, -0.1) is 0 Å². The summed E-state index contributed by atoms with van der Waals surface area (Å²) in [5.41, 5.74) is -0.139. The van der Waals surface area contributed by atoms with Crippen molar-refractivity contribution in [3.8, 4) is 0 Å². The van der Waals surface area contributed by atoms with E-state index >= 15 is 0 Å². The fourth-order valence-corrected chi connectivity index (χ4v) is 4.14. The van der Waals surface area contributed by atoms with Crippen LogP contribution in [-0.4, -0.2) is 58.9 Å². The van der Waals surface area contributed by atoms with Crippen LogP contribution in [0.2, 0.25) is 0 Å². The summed E-state index contributed by atoms with van der Waals surface area (Å²) >= 11 is 0. The highest BCUT2D eigenvalue weighted by Crippen LogP contribution is 2.21. The molecule has 2 heterocycles. The van der Waals surface area contributed by atoms with Gasteiger partial charge >= 0.3 is 0 Å². The molecule has 2 aromatic rings. The molecule has 1 aliphatic heterocycles. The summed E-state index contributed by atoms with van der Waals surface area (Å²) in [4.78, 5) is 16.5. The number of nitro groups is 1. The number of hydrogen-bond donors (Lipinski definition) is 0. The quantitative estimate of drug-likeness (QED) is 0.537. The second-order valence-electron chi connectivity index (χ2n) is 5.89. The monoisotopic (exact) mass is 381 g/mol. The van der Waals surface area contributed by atoms with E-state index in [1.807, 2.05) is 6.92 Å². The van der Waals surface area contributed by atoms with Gasteiger partial charge < -0.3 is 4.52 Å². The van der Waals surface area contributed by atoms with Gasteiger partial charge in [0.2, 0.25) is 15.9 Å². The van der Waals surface area contributed by atoms with Crippen LogP contribution < -0.4 is 0 Å². The molecular formula is C15H19N5O5S. The third-order valence-electron chi connectivity index (χ3n) is 4.19. The largest absolute Gasteiger partial charge is 0.339 e. The molecule has 10 nitrogen and oxygen atoms in total. The van der Waals surface area contributed by atoms with Crippen LogP contribution >= 0.6 is 0 Å². The third kappa shape index (κ3) is 3.89. The lowest BCUT2D eigenvalue weighted by Crippen LogP contribution is -2.48. The highest BCUT2D eigenvalue weighted by Gasteiger charge is 2.29. The summed E-state index contributed by atoms with van der Waals surface area (Å²) in [6.45, 7) is 4.19. The SMILES string of the molecule is CCc1nc(CN2CCN(S(=O)(=O)c3ccc([N+](=O)[O-])cc3)CC2)no1. The first-order chi connectivity index (χ1) is 12.4. The number of nitro benzene ring substituents is 1. The Morgan fingerprint density at radius 3 is 2.38 bits per heavy atom. The summed E-state index contributed by atoms with van der Waals surface area (Å²) in [5, 5.41) is 14.6. The number of sulfonamides is 1. The zero-order valence-electron chi connectivity index (χ0n) is 14.2. The van der Waals surface area contributed by atoms with Gasteiger partial charge in [-0.25, -0.2) is 8.42 Å². The van der Waals surface area contributed by atoms with E-state index in [2.05, 4.69) is 15.0 Å². The van der Waals surface area contributed by atoms with Crippen LogP contribution in [-0.2, 0) is 23.0 Å². The molecule has 0 aliphatic carbocycles. The molecular weight excluding hydrogens is 362 g/mol. The normalized spacial score (nSPS) is 16.7. The van der Waals surface area contributed by atoms with E-state index in [1.54, 1.807) is 0 Å². The lowest BCUT2D eigenvalue weighted by molar-refractivity contribution is -0.384. The second-order valence-corrected chi connectivity index (χ2v) is 7.83. The van der Waals surface area contributed by atoms with Crippen molar-refractivity contribution >= 4 is 15.7 Å². The molecule has 1 aromatic carbocycles. The van der Waals surface area contributed by atoms with E-state index in [-0.39, 0.29) is 10.6 Å². The Morgan fingerprint density at radius 1 is 1.19 bits per heavy atom. The van der Waals surface area contributed by atoms with Crippen LogP contribution in [0.25, 0.3) is 0 Å². The molecule has 0 spiro atoms. The molecule has 11 heteroatoms. The topological polar surface area (TPSA) is 123 Å². The van der Waals surface area contributed by atoms with Crippen molar-refractivity contribution in [1.82, 2.24) is 19.3 Å². The Bertz CT molecular complexity index is 872. The Balaban J connectivity index is 1.61. The molecule has 0 amide bonds. The number of non-ortho nitro benzene ring substituents is 1. The van der Waals surface area contributed by atoms with E-state index in [0.29, 0.717) is 50.9 Å². The second kappa shape index (κ2) is 7.48. The molecule has 140 valence electrons. The van der Waals surface area contributed by atoms with E-state index in [1.165, 1.54) is 28.6 Å². The molecule has 0 unspecified atom stereocenters. The average molecular weight is 381 g/mol. The van der Waals surface area contributed by atoms with Gasteiger partial charge in [-0.2, -0.15) is 9.29 Å². The van der Waals surface area contributed by atoms with E-state index in [9.17, 15) is 18.5 Å². The molecule has 0 saturated carbocycles. The van der Waals surface area contributed by atoms with Crippen LogP contribution in [0.4, 0.5) is 5.69 Å². The first-order valence-electron chi connectivity index (χ1n) is 8.18. The number of benzene rings is 1. The van der Waals surface area contributed by atoms with Crippen molar-refractivity contribution in [2.45, 2.75) is 24.8 Å². The Morgan fingerprint density at radius 2 is 1.85 bits per heavy atom. The zero-order chi connectivity index (χ0) is 18.7. The van der Waals surface area contributed by atoms with Crippen molar-refractivity contribution in [3.63, 3.8) is 0 Å². The fraction of sp³-hybridized carbons (Fsp3) is 0.467. The summed E-state index contributed by atoms with van der Waals surface area (Å²) in [6, 6.07) is 4.94. The molecule has 3 rings (SSSR count). The molecule has 0 radical (unpaired) electrons. The summed E-state index contributed by atoms with van der Waals surface area (Å²) in [6.07, 6.45) is 0.675. The Labute approximate surface area is 150 Å². The molecule has 1 saturated heterocycles. The van der Waals surface area contributed by atoms with Gasteiger partial charge in [0, 0.05) is 44.7 Å². The minimum atomic E-state index is -3.67. The maximum atomic E-state index is 12.7. The zero-order valence-corrected chi connectivity index (χ0v) is 15.1. The van der Waals surface area contributed by atoms with E-state index in [0.717, 1.165) is 0 Å². The molecule has 0 bridgehead atoms. The Kier molecular flexibility index (Phi) is 5.30. The molecule has 0 N–H and O–H groups in total. The summed E-state index contributed by atoms with van der Waals surface area (Å²) in [7, 11) is -3.67. The van der Waals surface area contributed by atoms with Crippen LogP contribution in [0.15, 0.2) is 33.7 Å². The highest BCUT2D eigenvalue weighted by atomic mass is 32.2. The molecule has 1 fully saturated rings. The first-order valence-corrected chi connectivity index (χ1v) is 9.62. The van der Waals surface area contributed by atoms with Crippen molar-refractivity contribution in [1.29, 1.82) is 0 Å². The van der Waals surface area contributed by atoms with Crippen LogP contribution in [0, 0.1) is 10.1 Å². The third-order valence-corrected chi connectivity index (χ3v) is 6.11. The molecule has 1 aliphatic rings. The number of rotatable bonds is 6. The Hall–Kier alpha value is -2.37.